The Kier molecular flexibility index (Phi) is 6.13. The third kappa shape index (κ3) is 6.32. The van der Waals surface area contributed by atoms with E-state index in [1.807, 2.05) is 0 Å². The van der Waals surface area contributed by atoms with Gasteiger partial charge in [0.05, 0.1) is 6.26 Å². The fraction of sp³-hybridized carbons (Fsp3) is 0.0952. The molecule has 0 aromatic heterocycles. The monoisotopic (exact) mass is 414 g/mol. The van der Waals surface area contributed by atoms with Gasteiger partial charge in [-0.1, -0.05) is 18.2 Å². The Bertz CT molecular complexity index is 1100. The van der Waals surface area contributed by atoms with Crippen LogP contribution in [0.4, 0.5) is 10.1 Å². The van der Waals surface area contributed by atoms with E-state index in [9.17, 15) is 17.6 Å². The maximum absolute atomic E-state index is 12.9. The minimum absolute atomic E-state index is 0.291. The molecule has 0 atom stereocenters. The van der Waals surface area contributed by atoms with Crippen LogP contribution < -0.4 is 14.8 Å². The standard InChI is InChI=1S/C21H19FN2O4S/c1-29(26,27)24-18-4-2-3-16(13-18)21(25)23-14-15-5-9-19(10-6-15)28-20-11-7-17(22)8-12-20/h2-13,24H,14H2,1H3,(H,23,25). The van der Waals surface area contributed by atoms with Crippen molar-refractivity contribution in [1.82, 2.24) is 5.32 Å². The molecule has 0 fully saturated rings. The van der Waals surface area contributed by atoms with Crippen LogP contribution in [0, 0.1) is 5.82 Å². The van der Waals surface area contributed by atoms with Crippen molar-refractivity contribution in [1.29, 1.82) is 0 Å². The van der Waals surface area contributed by atoms with E-state index in [1.54, 1.807) is 42.5 Å². The van der Waals surface area contributed by atoms with Crippen LogP contribution >= 0.6 is 0 Å². The third-order valence-corrected chi connectivity index (χ3v) is 4.46. The predicted octanol–water partition coefficient (Wildman–Crippen LogP) is 3.92. The highest BCUT2D eigenvalue weighted by molar-refractivity contribution is 7.92. The first kappa shape index (κ1) is 20.3. The van der Waals surface area contributed by atoms with E-state index in [0.717, 1.165) is 11.8 Å². The first-order valence-electron chi connectivity index (χ1n) is 8.67. The smallest absolute Gasteiger partial charge is 0.251 e. The second-order valence-electron chi connectivity index (χ2n) is 6.34. The van der Waals surface area contributed by atoms with Crippen molar-refractivity contribution in [2.45, 2.75) is 6.54 Å². The molecular formula is C21H19FN2O4S. The van der Waals surface area contributed by atoms with Crippen molar-refractivity contribution in [2.24, 2.45) is 0 Å². The maximum Gasteiger partial charge on any atom is 0.251 e. The molecule has 3 rings (SSSR count). The number of ether oxygens (including phenoxy) is 1. The van der Waals surface area contributed by atoms with Crippen LogP contribution in [0.1, 0.15) is 15.9 Å². The van der Waals surface area contributed by atoms with E-state index in [1.165, 1.54) is 30.3 Å². The SMILES string of the molecule is CS(=O)(=O)Nc1cccc(C(=O)NCc2ccc(Oc3ccc(F)cc3)cc2)c1. The number of benzene rings is 3. The molecule has 0 aliphatic heterocycles. The van der Waals surface area contributed by atoms with Crippen LogP contribution in [0.5, 0.6) is 11.5 Å². The Balaban J connectivity index is 1.57. The van der Waals surface area contributed by atoms with Gasteiger partial charge in [-0.25, -0.2) is 12.8 Å². The molecule has 0 unspecified atom stereocenters. The number of amides is 1. The summed E-state index contributed by atoms with van der Waals surface area (Å²) in [6, 6.07) is 19.1. The highest BCUT2D eigenvalue weighted by Gasteiger charge is 2.08. The van der Waals surface area contributed by atoms with Gasteiger partial charge in [-0.15, -0.1) is 0 Å². The number of sulfonamides is 1. The first-order valence-corrected chi connectivity index (χ1v) is 10.6. The van der Waals surface area contributed by atoms with Gasteiger partial charge in [0, 0.05) is 17.8 Å². The molecule has 0 saturated carbocycles. The number of hydrogen-bond acceptors (Lipinski definition) is 4. The van der Waals surface area contributed by atoms with Crippen molar-refractivity contribution in [2.75, 3.05) is 11.0 Å². The third-order valence-electron chi connectivity index (χ3n) is 3.85. The van der Waals surface area contributed by atoms with Gasteiger partial charge in [0.25, 0.3) is 5.91 Å². The summed E-state index contributed by atoms with van der Waals surface area (Å²) >= 11 is 0. The summed E-state index contributed by atoms with van der Waals surface area (Å²) in [6.07, 6.45) is 1.04. The molecule has 3 aromatic carbocycles. The molecule has 6 nitrogen and oxygen atoms in total. The van der Waals surface area contributed by atoms with Gasteiger partial charge in [-0.2, -0.15) is 0 Å². The molecule has 8 heteroatoms. The molecule has 0 bridgehead atoms. The van der Waals surface area contributed by atoms with Gasteiger partial charge >= 0.3 is 0 Å². The summed E-state index contributed by atoms with van der Waals surface area (Å²) in [4.78, 5) is 12.3. The van der Waals surface area contributed by atoms with Gasteiger partial charge in [-0.05, 0) is 60.2 Å². The lowest BCUT2D eigenvalue weighted by molar-refractivity contribution is 0.0951. The zero-order valence-corrected chi connectivity index (χ0v) is 16.4. The summed E-state index contributed by atoms with van der Waals surface area (Å²) < 4.78 is 43.5. The van der Waals surface area contributed by atoms with Crippen LogP contribution in [0.15, 0.2) is 72.8 Å². The highest BCUT2D eigenvalue weighted by atomic mass is 32.2. The van der Waals surface area contributed by atoms with Crippen LogP contribution in [-0.4, -0.2) is 20.6 Å². The van der Waals surface area contributed by atoms with Crippen molar-refractivity contribution in [3.8, 4) is 11.5 Å². The number of nitrogens with one attached hydrogen (secondary N) is 2. The summed E-state index contributed by atoms with van der Waals surface area (Å²) in [5, 5.41) is 2.78. The normalized spacial score (nSPS) is 11.0. The Hall–Kier alpha value is -3.39. The van der Waals surface area contributed by atoms with Crippen molar-refractivity contribution < 1.29 is 22.3 Å². The molecule has 0 spiro atoms. The van der Waals surface area contributed by atoms with E-state index in [0.29, 0.717) is 29.3 Å². The first-order chi connectivity index (χ1) is 13.8. The topological polar surface area (TPSA) is 84.5 Å². The van der Waals surface area contributed by atoms with E-state index in [2.05, 4.69) is 10.0 Å². The molecule has 1 amide bonds. The highest BCUT2D eigenvalue weighted by Crippen LogP contribution is 2.22. The minimum Gasteiger partial charge on any atom is -0.457 e. The molecule has 29 heavy (non-hydrogen) atoms. The van der Waals surface area contributed by atoms with Gasteiger partial charge in [-0.3, -0.25) is 9.52 Å². The van der Waals surface area contributed by atoms with E-state index >= 15 is 0 Å². The molecule has 0 aliphatic rings. The second kappa shape index (κ2) is 8.74. The zero-order chi connectivity index (χ0) is 20.9. The Morgan fingerprint density at radius 1 is 0.966 bits per heavy atom. The maximum atomic E-state index is 12.9. The van der Waals surface area contributed by atoms with E-state index < -0.39 is 10.0 Å². The Morgan fingerprint density at radius 3 is 2.21 bits per heavy atom. The van der Waals surface area contributed by atoms with Crippen LogP contribution in [0.25, 0.3) is 0 Å². The summed E-state index contributed by atoms with van der Waals surface area (Å²) in [5.41, 5.74) is 1.52. The molecule has 0 radical (unpaired) electrons. The molecule has 0 saturated heterocycles. The fourth-order valence-electron chi connectivity index (χ4n) is 2.54. The van der Waals surface area contributed by atoms with Crippen molar-refractivity contribution in [3.63, 3.8) is 0 Å². The molecule has 150 valence electrons. The second-order valence-corrected chi connectivity index (χ2v) is 8.09. The predicted molar refractivity (Wildman–Crippen MR) is 109 cm³/mol. The molecular weight excluding hydrogens is 395 g/mol. The van der Waals surface area contributed by atoms with Gasteiger partial charge in [0.2, 0.25) is 10.0 Å². The zero-order valence-electron chi connectivity index (χ0n) is 15.6. The van der Waals surface area contributed by atoms with E-state index in [-0.39, 0.29) is 11.7 Å². The van der Waals surface area contributed by atoms with Gasteiger partial charge in [0.15, 0.2) is 0 Å². The number of carbonyl (C=O) groups excluding carboxylic acids is 1. The molecule has 3 aromatic rings. The fourth-order valence-corrected chi connectivity index (χ4v) is 3.09. The van der Waals surface area contributed by atoms with Gasteiger partial charge < -0.3 is 10.1 Å². The molecule has 0 heterocycles. The number of carbonyl (C=O) groups is 1. The summed E-state index contributed by atoms with van der Waals surface area (Å²) in [7, 11) is -3.42. The average Bonchev–Trinajstić information content (AvgIpc) is 2.68. The number of hydrogen-bond donors (Lipinski definition) is 2. The molecule has 2 N–H and O–H groups in total. The number of anilines is 1. The largest absolute Gasteiger partial charge is 0.457 e. The van der Waals surface area contributed by atoms with E-state index in [4.69, 9.17) is 4.74 Å². The lowest BCUT2D eigenvalue weighted by atomic mass is 10.1. The Morgan fingerprint density at radius 2 is 1.59 bits per heavy atom. The number of rotatable bonds is 7. The lowest BCUT2D eigenvalue weighted by Gasteiger charge is -2.09. The van der Waals surface area contributed by atoms with Crippen molar-refractivity contribution in [3.05, 3.63) is 89.7 Å². The summed E-state index contributed by atoms with van der Waals surface area (Å²) in [5.74, 6) is 0.455. The average molecular weight is 414 g/mol. The Labute approximate surface area is 168 Å². The number of halogens is 1. The molecule has 0 aliphatic carbocycles. The van der Waals surface area contributed by atoms with Crippen LogP contribution in [0.3, 0.4) is 0 Å². The lowest BCUT2D eigenvalue weighted by Crippen LogP contribution is -2.23. The summed E-state index contributed by atoms with van der Waals surface area (Å²) in [6.45, 7) is 0.291. The quantitative estimate of drug-likeness (QED) is 0.614. The van der Waals surface area contributed by atoms with Crippen LogP contribution in [-0.2, 0) is 16.6 Å². The van der Waals surface area contributed by atoms with Crippen molar-refractivity contribution >= 4 is 21.6 Å². The van der Waals surface area contributed by atoms with Gasteiger partial charge in [0.1, 0.15) is 17.3 Å². The minimum atomic E-state index is -3.42. The van der Waals surface area contributed by atoms with Crippen LogP contribution in [0.2, 0.25) is 0 Å².